The lowest BCUT2D eigenvalue weighted by molar-refractivity contribution is 0.0999. The highest BCUT2D eigenvalue weighted by atomic mass is 16.7. The van der Waals surface area contributed by atoms with Crippen LogP contribution in [0.25, 0.3) is 0 Å². The summed E-state index contributed by atoms with van der Waals surface area (Å²) in [5.41, 5.74) is 10.7. The van der Waals surface area contributed by atoms with Gasteiger partial charge in [-0.05, 0) is 53.9 Å². The van der Waals surface area contributed by atoms with Crippen molar-refractivity contribution in [1.82, 2.24) is 5.32 Å². The van der Waals surface area contributed by atoms with E-state index in [1.807, 2.05) is 24.3 Å². The van der Waals surface area contributed by atoms with Crippen molar-refractivity contribution in [2.24, 2.45) is 5.73 Å². The number of primary amides is 1. The third-order valence-electron chi connectivity index (χ3n) is 6.66. The number of nitrogens with two attached hydrogens (primary N) is 1. The molecule has 1 atom stereocenters. The number of para-hydroxylation sites is 1. The number of carbonyl (C=O) groups is 1. The van der Waals surface area contributed by atoms with Gasteiger partial charge in [0.1, 0.15) is 5.75 Å². The second-order valence-electron chi connectivity index (χ2n) is 9.33. The van der Waals surface area contributed by atoms with Gasteiger partial charge in [0.2, 0.25) is 12.7 Å². The van der Waals surface area contributed by atoms with Crippen molar-refractivity contribution in [2.75, 3.05) is 26.5 Å². The van der Waals surface area contributed by atoms with Crippen molar-refractivity contribution in [3.8, 4) is 17.2 Å². The quantitative estimate of drug-likeness (QED) is 0.254. The van der Waals surface area contributed by atoms with Crippen LogP contribution >= 0.6 is 0 Å². The molecule has 0 fully saturated rings. The van der Waals surface area contributed by atoms with Gasteiger partial charge < -0.3 is 25.3 Å². The van der Waals surface area contributed by atoms with Gasteiger partial charge in [-0.15, -0.1) is 0 Å². The molecule has 0 spiro atoms. The molecule has 0 saturated carbocycles. The van der Waals surface area contributed by atoms with Gasteiger partial charge in [0.15, 0.2) is 11.5 Å². The Kier molecular flexibility index (Phi) is 8.21. The normalized spacial score (nSPS) is 12.7. The first-order valence-electron chi connectivity index (χ1n) is 12.9. The minimum absolute atomic E-state index is 0.213. The third-order valence-corrected chi connectivity index (χ3v) is 6.66. The summed E-state index contributed by atoms with van der Waals surface area (Å²) < 4.78 is 17.1. The molecule has 0 radical (unpaired) electrons. The highest BCUT2D eigenvalue weighted by Gasteiger charge is 2.18. The van der Waals surface area contributed by atoms with Crippen molar-refractivity contribution in [3.63, 3.8) is 0 Å². The van der Waals surface area contributed by atoms with Crippen LogP contribution in [0.5, 0.6) is 17.2 Å². The van der Waals surface area contributed by atoms with Gasteiger partial charge in [0.05, 0.1) is 6.61 Å². The molecule has 1 aliphatic rings. The van der Waals surface area contributed by atoms with E-state index >= 15 is 0 Å². The molecule has 6 heteroatoms. The van der Waals surface area contributed by atoms with Crippen molar-refractivity contribution in [2.45, 2.75) is 18.8 Å². The summed E-state index contributed by atoms with van der Waals surface area (Å²) in [5.74, 6) is 2.08. The smallest absolute Gasteiger partial charge is 0.248 e. The topological polar surface area (TPSA) is 82.8 Å². The summed E-state index contributed by atoms with van der Waals surface area (Å²) in [6, 6.07) is 32.4. The number of hydrogen-bond donors (Lipinski definition) is 2. The van der Waals surface area contributed by atoms with Crippen LogP contribution in [0.15, 0.2) is 97.1 Å². The molecule has 4 aromatic carbocycles. The van der Waals surface area contributed by atoms with Crippen LogP contribution in [-0.4, -0.2) is 32.4 Å². The molecule has 0 bridgehead atoms. The predicted molar refractivity (Wildman–Crippen MR) is 148 cm³/mol. The number of fused-ring (bicyclic) bond motifs is 1. The maximum absolute atomic E-state index is 11.4. The first-order valence-corrected chi connectivity index (χ1v) is 12.9. The molecule has 5 rings (SSSR count). The number of rotatable bonds is 12. The van der Waals surface area contributed by atoms with Crippen LogP contribution in [0.4, 0.5) is 0 Å². The molecule has 3 N–H and O–H groups in total. The van der Waals surface area contributed by atoms with Crippen LogP contribution in [0.3, 0.4) is 0 Å². The fourth-order valence-corrected chi connectivity index (χ4v) is 4.76. The Morgan fingerprint density at radius 1 is 0.895 bits per heavy atom. The summed E-state index contributed by atoms with van der Waals surface area (Å²) in [6.45, 7) is 2.45. The van der Waals surface area contributed by atoms with Gasteiger partial charge in [-0.25, -0.2) is 0 Å². The minimum atomic E-state index is -0.455. The fraction of sp³-hybridized carbons (Fsp3) is 0.219. The van der Waals surface area contributed by atoms with E-state index in [1.165, 1.54) is 16.7 Å². The summed E-state index contributed by atoms with van der Waals surface area (Å²) in [4.78, 5) is 11.4. The standard InChI is InChI=1S/C32H32N2O4/c33-32(35)27-13-5-14-28(20-27)36-17-7-16-34-21-29(24-9-2-1-3-10-24)25-11-4-8-23(18-25)19-26-12-6-15-30-31(26)38-22-37-30/h1-6,8-15,18,20,29,34H,7,16-17,19,21-22H2,(H2,33,35). The fourth-order valence-electron chi connectivity index (χ4n) is 4.76. The molecule has 0 aliphatic carbocycles. The monoisotopic (exact) mass is 508 g/mol. The summed E-state index contributed by atoms with van der Waals surface area (Å²) in [7, 11) is 0. The lowest BCUT2D eigenvalue weighted by atomic mass is 9.89. The number of carbonyl (C=O) groups excluding carboxylic acids is 1. The zero-order valence-corrected chi connectivity index (χ0v) is 21.3. The Balaban J connectivity index is 1.21. The highest BCUT2D eigenvalue weighted by Crippen LogP contribution is 2.36. The van der Waals surface area contributed by atoms with Crippen LogP contribution in [0.1, 0.15) is 45.0 Å². The van der Waals surface area contributed by atoms with E-state index in [-0.39, 0.29) is 12.7 Å². The predicted octanol–water partition coefficient (Wildman–Crippen LogP) is 5.30. The largest absolute Gasteiger partial charge is 0.494 e. The first kappa shape index (κ1) is 25.4. The maximum atomic E-state index is 11.4. The maximum Gasteiger partial charge on any atom is 0.248 e. The average Bonchev–Trinajstić information content (AvgIpc) is 3.44. The van der Waals surface area contributed by atoms with Gasteiger partial charge in [-0.1, -0.05) is 72.8 Å². The Morgan fingerprint density at radius 2 is 1.71 bits per heavy atom. The van der Waals surface area contributed by atoms with E-state index in [4.69, 9.17) is 19.9 Å². The molecule has 194 valence electrons. The van der Waals surface area contributed by atoms with Crippen LogP contribution in [0, 0.1) is 0 Å². The second-order valence-corrected chi connectivity index (χ2v) is 9.33. The minimum Gasteiger partial charge on any atom is -0.494 e. The zero-order valence-electron chi connectivity index (χ0n) is 21.3. The summed E-state index contributed by atoms with van der Waals surface area (Å²) in [5, 5.41) is 3.61. The molecular weight excluding hydrogens is 476 g/mol. The molecule has 0 aromatic heterocycles. The van der Waals surface area contributed by atoms with Crippen molar-refractivity contribution in [1.29, 1.82) is 0 Å². The number of nitrogens with one attached hydrogen (secondary N) is 1. The van der Waals surface area contributed by atoms with Gasteiger partial charge in [-0.3, -0.25) is 4.79 Å². The van der Waals surface area contributed by atoms with E-state index < -0.39 is 5.91 Å². The second kappa shape index (κ2) is 12.3. The molecule has 38 heavy (non-hydrogen) atoms. The molecule has 6 nitrogen and oxygen atoms in total. The van der Waals surface area contributed by atoms with Gasteiger partial charge in [0, 0.05) is 30.0 Å². The molecular formula is C32H32N2O4. The van der Waals surface area contributed by atoms with Crippen LogP contribution in [0.2, 0.25) is 0 Å². The molecule has 1 unspecified atom stereocenters. The van der Waals surface area contributed by atoms with E-state index in [0.717, 1.165) is 43.0 Å². The zero-order chi connectivity index (χ0) is 26.2. The van der Waals surface area contributed by atoms with E-state index in [0.29, 0.717) is 17.9 Å². The lowest BCUT2D eigenvalue weighted by Gasteiger charge is -2.20. The summed E-state index contributed by atoms with van der Waals surface area (Å²) >= 11 is 0. The highest BCUT2D eigenvalue weighted by molar-refractivity contribution is 5.93. The average molecular weight is 509 g/mol. The van der Waals surface area contributed by atoms with Gasteiger partial charge >= 0.3 is 0 Å². The molecule has 1 aliphatic heterocycles. The van der Waals surface area contributed by atoms with E-state index in [2.05, 4.69) is 59.9 Å². The van der Waals surface area contributed by atoms with Crippen molar-refractivity contribution < 1.29 is 19.0 Å². The van der Waals surface area contributed by atoms with Crippen LogP contribution in [-0.2, 0) is 6.42 Å². The van der Waals surface area contributed by atoms with Crippen LogP contribution < -0.4 is 25.3 Å². The molecule has 1 heterocycles. The van der Waals surface area contributed by atoms with Crippen molar-refractivity contribution >= 4 is 5.91 Å². The van der Waals surface area contributed by atoms with Crippen molar-refractivity contribution in [3.05, 3.63) is 125 Å². The number of hydrogen-bond acceptors (Lipinski definition) is 5. The third kappa shape index (κ3) is 6.33. The van der Waals surface area contributed by atoms with Gasteiger partial charge in [0.25, 0.3) is 0 Å². The Hall–Kier alpha value is -4.29. The Labute approximate surface area is 223 Å². The Bertz CT molecular complexity index is 1370. The molecule has 1 amide bonds. The Morgan fingerprint density at radius 3 is 2.58 bits per heavy atom. The summed E-state index contributed by atoms with van der Waals surface area (Å²) in [6.07, 6.45) is 1.62. The lowest BCUT2D eigenvalue weighted by Crippen LogP contribution is -2.24. The number of benzene rings is 4. The van der Waals surface area contributed by atoms with E-state index in [9.17, 15) is 4.79 Å². The number of ether oxygens (including phenoxy) is 3. The molecule has 4 aromatic rings. The first-order chi connectivity index (χ1) is 18.7. The molecule has 0 saturated heterocycles. The SMILES string of the molecule is NC(=O)c1cccc(OCCCNCC(c2ccccc2)c2cccc(Cc3cccc4c3OCO4)c2)c1. The van der Waals surface area contributed by atoms with E-state index in [1.54, 1.807) is 18.2 Å². The number of amides is 1. The van der Waals surface area contributed by atoms with Gasteiger partial charge in [-0.2, -0.15) is 0 Å².